The summed E-state index contributed by atoms with van der Waals surface area (Å²) in [7, 11) is 1.75. The minimum absolute atomic E-state index is 0.0137. The van der Waals surface area contributed by atoms with Gasteiger partial charge < -0.3 is 5.11 Å². The normalized spacial score (nSPS) is 10.9. The van der Waals surface area contributed by atoms with Gasteiger partial charge in [0.05, 0.1) is 17.9 Å². The van der Waals surface area contributed by atoms with Crippen LogP contribution >= 0.6 is 11.6 Å². The molecule has 0 fully saturated rings. The van der Waals surface area contributed by atoms with Gasteiger partial charge in [-0.05, 0) is 13.3 Å². The number of hydrogen-bond donors (Lipinski definition) is 1. The van der Waals surface area contributed by atoms with Crippen LogP contribution in [0.15, 0.2) is 0 Å². The fourth-order valence-electron chi connectivity index (χ4n) is 1.98. The van der Waals surface area contributed by atoms with Crippen molar-refractivity contribution in [3.8, 4) is 0 Å². The molecule has 2 aromatic heterocycles. The number of nitrogens with zero attached hydrogens (tertiary/aromatic N) is 5. The van der Waals surface area contributed by atoms with Crippen LogP contribution in [-0.4, -0.2) is 35.9 Å². The number of aromatic nitrogens is 5. The molecule has 0 amide bonds. The molecule has 0 aliphatic heterocycles. The second-order valence-electron chi connectivity index (χ2n) is 4.18. The Balaban J connectivity index is 2.41. The molecule has 7 nitrogen and oxygen atoms in total. The average molecular weight is 284 g/mol. The number of carboxylic acid groups (broad SMARTS) is 1. The fourth-order valence-corrected chi connectivity index (χ4v) is 2.21. The van der Waals surface area contributed by atoms with Gasteiger partial charge in [0.1, 0.15) is 5.15 Å². The van der Waals surface area contributed by atoms with E-state index in [0.717, 1.165) is 11.3 Å². The zero-order chi connectivity index (χ0) is 14.2. The van der Waals surface area contributed by atoms with E-state index in [9.17, 15) is 4.79 Å². The molecule has 0 radical (unpaired) electrons. The summed E-state index contributed by atoms with van der Waals surface area (Å²) in [6, 6.07) is 0. The smallest absolute Gasteiger partial charge is 0.358 e. The molecule has 2 heterocycles. The predicted octanol–water partition coefficient (Wildman–Crippen LogP) is 1.28. The Bertz CT molecular complexity index is 631. The molecule has 0 aliphatic carbocycles. The van der Waals surface area contributed by atoms with Gasteiger partial charge in [-0.25, -0.2) is 9.48 Å². The van der Waals surface area contributed by atoms with E-state index < -0.39 is 5.97 Å². The van der Waals surface area contributed by atoms with Crippen LogP contribution < -0.4 is 0 Å². The first-order chi connectivity index (χ1) is 8.95. The Kier molecular flexibility index (Phi) is 3.57. The minimum Gasteiger partial charge on any atom is -0.476 e. The molecule has 0 atom stereocenters. The Morgan fingerprint density at radius 3 is 2.63 bits per heavy atom. The summed E-state index contributed by atoms with van der Waals surface area (Å²) >= 11 is 6.15. The van der Waals surface area contributed by atoms with Gasteiger partial charge >= 0.3 is 5.97 Å². The van der Waals surface area contributed by atoms with Gasteiger partial charge in [-0.3, -0.25) is 4.68 Å². The number of aromatic carboxylic acids is 1. The van der Waals surface area contributed by atoms with Crippen LogP contribution in [0.2, 0.25) is 5.15 Å². The molecule has 0 spiro atoms. The molecule has 2 rings (SSSR count). The standard InChI is InChI=1S/C11H14ClN5O2/c1-4-8-9(11(18)19)13-15-17(8)5-7-6(2)14-16(3)10(7)12/h4-5H2,1-3H3,(H,18,19). The average Bonchev–Trinajstić information content (AvgIpc) is 2.86. The lowest BCUT2D eigenvalue weighted by Crippen LogP contribution is -2.09. The van der Waals surface area contributed by atoms with E-state index in [2.05, 4.69) is 15.4 Å². The molecule has 0 saturated carbocycles. The van der Waals surface area contributed by atoms with Crippen LogP contribution in [0.5, 0.6) is 0 Å². The van der Waals surface area contributed by atoms with Gasteiger partial charge in [-0.15, -0.1) is 5.10 Å². The SMILES string of the molecule is CCc1c(C(=O)O)nnn1Cc1c(C)nn(C)c1Cl. The highest BCUT2D eigenvalue weighted by molar-refractivity contribution is 6.30. The third kappa shape index (κ3) is 2.33. The molecule has 0 bridgehead atoms. The van der Waals surface area contributed by atoms with Gasteiger partial charge in [-0.2, -0.15) is 5.10 Å². The van der Waals surface area contributed by atoms with Crippen LogP contribution in [0.4, 0.5) is 0 Å². The fraction of sp³-hybridized carbons (Fsp3) is 0.455. The first kappa shape index (κ1) is 13.5. The van der Waals surface area contributed by atoms with Crippen LogP contribution in [0.25, 0.3) is 0 Å². The molecule has 1 N–H and O–H groups in total. The summed E-state index contributed by atoms with van der Waals surface area (Å²) in [6.07, 6.45) is 0.533. The summed E-state index contributed by atoms with van der Waals surface area (Å²) in [5.41, 5.74) is 2.18. The lowest BCUT2D eigenvalue weighted by atomic mass is 10.2. The van der Waals surface area contributed by atoms with Crippen molar-refractivity contribution >= 4 is 17.6 Å². The maximum absolute atomic E-state index is 11.0. The van der Waals surface area contributed by atoms with Crippen LogP contribution in [-0.2, 0) is 20.0 Å². The van der Waals surface area contributed by atoms with Crippen LogP contribution in [0.1, 0.15) is 34.4 Å². The van der Waals surface area contributed by atoms with Crippen LogP contribution in [0, 0.1) is 6.92 Å². The van der Waals surface area contributed by atoms with Gasteiger partial charge in [0.2, 0.25) is 0 Å². The molecule has 0 aromatic carbocycles. The summed E-state index contributed by atoms with van der Waals surface area (Å²) < 4.78 is 3.13. The van der Waals surface area contributed by atoms with Crippen molar-refractivity contribution in [3.63, 3.8) is 0 Å². The summed E-state index contributed by atoms with van der Waals surface area (Å²) in [4.78, 5) is 11.0. The maximum atomic E-state index is 11.0. The van der Waals surface area contributed by atoms with Gasteiger partial charge in [-0.1, -0.05) is 23.7 Å². The Hall–Kier alpha value is -1.89. The highest BCUT2D eigenvalue weighted by atomic mass is 35.5. The molecule has 19 heavy (non-hydrogen) atoms. The number of halogens is 1. The second-order valence-corrected chi connectivity index (χ2v) is 4.54. The Labute approximate surface area is 114 Å². The molecule has 2 aromatic rings. The molecular formula is C11H14ClN5O2. The van der Waals surface area contributed by atoms with E-state index in [4.69, 9.17) is 16.7 Å². The predicted molar refractivity (Wildman–Crippen MR) is 68.4 cm³/mol. The van der Waals surface area contributed by atoms with E-state index in [1.807, 2.05) is 13.8 Å². The van der Waals surface area contributed by atoms with Crippen molar-refractivity contribution in [1.29, 1.82) is 0 Å². The van der Waals surface area contributed by atoms with E-state index in [-0.39, 0.29) is 5.69 Å². The van der Waals surface area contributed by atoms with Crippen molar-refractivity contribution in [2.24, 2.45) is 7.05 Å². The van der Waals surface area contributed by atoms with Crippen molar-refractivity contribution in [1.82, 2.24) is 24.8 Å². The molecule has 0 unspecified atom stereocenters. The van der Waals surface area contributed by atoms with Crippen molar-refractivity contribution < 1.29 is 9.90 Å². The Morgan fingerprint density at radius 2 is 2.16 bits per heavy atom. The Morgan fingerprint density at radius 1 is 1.47 bits per heavy atom. The molecule has 8 heteroatoms. The van der Waals surface area contributed by atoms with Crippen molar-refractivity contribution in [3.05, 3.63) is 27.8 Å². The highest BCUT2D eigenvalue weighted by Crippen LogP contribution is 2.20. The van der Waals surface area contributed by atoms with Gasteiger partial charge in [0, 0.05) is 12.6 Å². The number of carboxylic acids is 1. The first-order valence-corrected chi connectivity index (χ1v) is 6.17. The summed E-state index contributed by atoms with van der Waals surface area (Å²) in [5, 5.41) is 21.3. The van der Waals surface area contributed by atoms with Crippen molar-refractivity contribution in [2.75, 3.05) is 0 Å². The second kappa shape index (κ2) is 5.00. The largest absolute Gasteiger partial charge is 0.476 e. The maximum Gasteiger partial charge on any atom is 0.358 e. The number of hydrogen-bond acceptors (Lipinski definition) is 4. The molecule has 0 saturated heterocycles. The first-order valence-electron chi connectivity index (χ1n) is 5.79. The molecule has 0 aliphatic rings. The third-order valence-corrected chi connectivity index (χ3v) is 3.43. The quantitative estimate of drug-likeness (QED) is 0.913. The number of aryl methyl sites for hydroxylation is 2. The molecular weight excluding hydrogens is 270 g/mol. The third-order valence-electron chi connectivity index (χ3n) is 2.95. The number of rotatable bonds is 4. The topological polar surface area (TPSA) is 85.8 Å². The number of carbonyl (C=O) groups is 1. The summed E-state index contributed by atoms with van der Waals surface area (Å²) in [5.74, 6) is -1.07. The highest BCUT2D eigenvalue weighted by Gasteiger charge is 2.20. The lowest BCUT2D eigenvalue weighted by Gasteiger charge is -2.05. The zero-order valence-electron chi connectivity index (χ0n) is 10.9. The van der Waals surface area contributed by atoms with Crippen LogP contribution in [0.3, 0.4) is 0 Å². The van der Waals surface area contributed by atoms with E-state index in [1.165, 1.54) is 0 Å². The van der Waals surface area contributed by atoms with E-state index >= 15 is 0 Å². The summed E-state index contributed by atoms with van der Waals surface area (Å²) in [6.45, 7) is 4.07. The van der Waals surface area contributed by atoms with Crippen molar-refractivity contribution in [2.45, 2.75) is 26.8 Å². The van der Waals surface area contributed by atoms with Gasteiger partial charge in [0.15, 0.2) is 5.69 Å². The monoisotopic (exact) mass is 283 g/mol. The zero-order valence-corrected chi connectivity index (χ0v) is 11.6. The van der Waals surface area contributed by atoms with E-state index in [1.54, 1.807) is 16.4 Å². The van der Waals surface area contributed by atoms with Gasteiger partial charge in [0.25, 0.3) is 0 Å². The minimum atomic E-state index is -1.07. The lowest BCUT2D eigenvalue weighted by molar-refractivity contribution is 0.0689. The molecule has 102 valence electrons. The van der Waals surface area contributed by atoms with E-state index in [0.29, 0.717) is 23.8 Å².